The van der Waals surface area contributed by atoms with Gasteiger partial charge in [0.15, 0.2) is 0 Å². The van der Waals surface area contributed by atoms with Crippen LogP contribution >= 0.6 is 12.2 Å². The molecule has 4 heteroatoms. The number of amides is 1. The summed E-state index contributed by atoms with van der Waals surface area (Å²) >= 11 is 4.79. The number of carbonyl (C=O) groups is 1. The van der Waals surface area contributed by atoms with Gasteiger partial charge in [-0.3, -0.25) is 4.79 Å². The minimum absolute atomic E-state index is 0.0923. The molecule has 3 N–H and O–H groups in total. The van der Waals surface area contributed by atoms with Crippen molar-refractivity contribution in [3.05, 3.63) is 0 Å². The van der Waals surface area contributed by atoms with Crippen LogP contribution in [0.25, 0.3) is 0 Å². The van der Waals surface area contributed by atoms with E-state index in [1.807, 2.05) is 6.92 Å². The quantitative estimate of drug-likeness (QED) is 0.721. The average Bonchev–Trinajstić information content (AvgIpc) is 2.18. The van der Waals surface area contributed by atoms with Gasteiger partial charge in [-0.05, 0) is 12.8 Å². The van der Waals surface area contributed by atoms with Gasteiger partial charge in [0.1, 0.15) is 0 Å². The first-order valence-electron chi connectivity index (χ1n) is 5.68. The van der Waals surface area contributed by atoms with Crippen LogP contribution in [0.3, 0.4) is 0 Å². The third-order valence-corrected chi connectivity index (χ3v) is 3.07. The number of hydrogen-bond donors (Lipinski definition) is 2. The van der Waals surface area contributed by atoms with Crippen molar-refractivity contribution in [3.8, 4) is 0 Å². The molecular weight excluding hydrogens is 208 g/mol. The van der Waals surface area contributed by atoms with E-state index in [0.717, 1.165) is 12.8 Å². The van der Waals surface area contributed by atoms with E-state index in [2.05, 4.69) is 5.32 Å². The van der Waals surface area contributed by atoms with E-state index in [1.54, 1.807) is 0 Å². The Bertz CT molecular complexity index is 237. The summed E-state index contributed by atoms with van der Waals surface area (Å²) in [5.41, 5.74) is 5.42. The first-order chi connectivity index (χ1) is 7.09. The van der Waals surface area contributed by atoms with Crippen LogP contribution in [-0.4, -0.2) is 16.9 Å². The Morgan fingerprint density at radius 2 is 2.07 bits per heavy atom. The molecule has 15 heavy (non-hydrogen) atoms. The number of nitrogens with one attached hydrogen (secondary N) is 1. The largest absolute Gasteiger partial charge is 0.393 e. The molecule has 86 valence electrons. The predicted molar refractivity (Wildman–Crippen MR) is 65.6 cm³/mol. The van der Waals surface area contributed by atoms with Crippen molar-refractivity contribution < 1.29 is 4.79 Å². The second-order valence-electron chi connectivity index (χ2n) is 4.42. The zero-order chi connectivity index (χ0) is 11.3. The Balaban J connectivity index is 2.30. The summed E-state index contributed by atoms with van der Waals surface area (Å²) in [6.45, 7) is 1.87. The maximum absolute atomic E-state index is 11.7. The molecule has 1 aliphatic carbocycles. The van der Waals surface area contributed by atoms with Crippen molar-refractivity contribution in [2.24, 2.45) is 11.7 Å². The number of hydrogen-bond acceptors (Lipinski definition) is 2. The summed E-state index contributed by atoms with van der Waals surface area (Å²) < 4.78 is 0. The summed E-state index contributed by atoms with van der Waals surface area (Å²) in [5, 5.41) is 3.07. The zero-order valence-corrected chi connectivity index (χ0v) is 10.1. The fraction of sp³-hybridized carbons (Fsp3) is 0.818. The Morgan fingerprint density at radius 3 is 2.60 bits per heavy atom. The van der Waals surface area contributed by atoms with Crippen molar-refractivity contribution in [2.45, 2.75) is 51.5 Å². The summed E-state index contributed by atoms with van der Waals surface area (Å²) in [6, 6.07) is 0.375. The molecule has 0 heterocycles. The molecule has 1 atom stereocenters. The summed E-state index contributed by atoms with van der Waals surface area (Å²) in [4.78, 5) is 12.1. The molecule has 1 fully saturated rings. The minimum Gasteiger partial charge on any atom is -0.393 e. The van der Waals surface area contributed by atoms with Gasteiger partial charge in [-0.2, -0.15) is 0 Å². The molecule has 0 radical (unpaired) electrons. The van der Waals surface area contributed by atoms with Crippen molar-refractivity contribution >= 4 is 23.1 Å². The predicted octanol–water partition coefficient (Wildman–Crippen LogP) is 1.75. The molecule has 1 rings (SSSR count). The van der Waals surface area contributed by atoms with Gasteiger partial charge in [-0.25, -0.2) is 0 Å². The molecule has 0 spiro atoms. The first-order valence-corrected chi connectivity index (χ1v) is 6.09. The first kappa shape index (κ1) is 12.4. The summed E-state index contributed by atoms with van der Waals surface area (Å²) in [7, 11) is 0. The molecule has 1 unspecified atom stereocenters. The lowest BCUT2D eigenvalue weighted by atomic mass is 9.95. The van der Waals surface area contributed by atoms with Gasteiger partial charge in [-0.15, -0.1) is 0 Å². The lowest BCUT2D eigenvalue weighted by molar-refractivity contribution is -0.125. The molecule has 0 aromatic heterocycles. The Labute approximate surface area is 96.8 Å². The number of thiocarbonyl (C=S) groups is 1. The molecule has 0 aliphatic heterocycles. The van der Waals surface area contributed by atoms with E-state index < -0.39 is 0 Å². The molecular formula is C11H20N2OS. The van der Waals surface area contributed by atoms with Crippen LogP contribution in [-0.2, 0) is 4.79 Å². The van der Waals surface area contributed by atoms with Crippen molar-refractivity contribution in [1.82, 2.24) is 5.32 Å². The van der Waals surface area contributed by atoms with Crippen LogP contribution in [0.1, 0.15) is 45.4 Å². The summed E-state index contributed by atoms with van der Waals surface area (Å²) in [5.74, 6) is -0.000809. The standard InChI is InChI=1S/C11H20N2OS/c1-8(7-10(12)15)11(14)13-9-5-3-2-4-6-9/h8-9H,2-7H2,1H3,(H2,12,15)(H,13,14). The van der Waals surface area contributed by atoms with Crippen molar-refractivity contribution in [2.75, 3.05) is 0 Å². The number of nitrogens with two attached hydrogens (primary N) is 1. The van der Waals surface area contributed by atoms with E-state index >= 15 is 0 Å². The normalized spacial score (nSPS) is 19.5. The molecule has 0 bridgehead atoms. The highest BCUT2D eigenvalue weighted by atomic mass is 32.1. The SMILES string of the molecule is CC(CC(N)=S)C(=O)NC1CCCCC1. The van der Waals surface area contributed by atoms with Gasteiger partial charge < -0.3 is 11.1 Å². The highest BCUT2D eigenvalue weighted by Crippen LogP contribution is 2.18. The van der Waals surface area contributed by atoms with Crippen LogP contribution in [0.15, 0.2) is 0 Å². The van der Waals surface area contributed by atoms with Crippen LogP contribution in [0.2, 0.25) is 0 Å². The second kappa shape index (κ2) is 6.05. The molecule has 1 saturated carbocycles. The van der Waals surface area contributed by atoms with Gasteiger partial charge >= 0.3 is 0 Å². The van der Waals surface area contributed by atoms with Crippen LogP contribution in [0.4, 0.5) is 0 Å². The van der Waals surface area contributed by atoms with Gasteiger partial charge in [0, 0.05) is 18.4 Å². The Morgan fingerprint density at radius 1 is 1.47 bits per heavy atom. The number of carbonyl (C=O) groups excluding carboxylic acids is 1. The average molecular weight is 228 g/mol. The molecule has 3 nitrogen and oxygen atoms in total. The maximum atomic E-state index is 11.7. The van der Waals surface area contributed by atoms with E-state index in [9.17, 15) is 4.79 Å². The summed E-state index contributed by atoms with van der Waals surface area (Å²) in [6.07, 6.45) is 6.50. The van der Waals surface area contributed by atoms with Gasteiger partial charge in [0.2, 0.25) is 5.91 Å². The molecule has 0 saturated heterocycles. The number of rotatable bonds is 4. The van der Waals surface area contributed by atoms with Crippen molar-refractivity contribution in [3.63, 3.8) is 0 Å². The van der Waals surface area contributed by atoms with Gasteiger partial charge in [-0.1, -0.05) is 38.4 Å². The Kier molecular flexibility index (Phi) is 5.02. The lowest BCUT2D eigenvalue weighted by Gasteiger charge is -2.24. The monoisotopic (exact) mass is 228 g/mol. The highest BCUT2D eigenvalue weighted by Gasteiger charge is 2.19. The van der Waals surface area contributed by atoms with E-state index in [4.69, 9.17) is 18.0 Å². The van der Waals surface area contributed by atoms with E-state index in [1.165, 1.54) is 19.3 Å². The fourth-order valence-corrected chi connectivity index (χ4v) is 2.23. The van der Waals surface area contributed by atoms with Crippen molar-refractivity contribution in [1.29, 1.82) is 0 Å². The van der Waals surface area contributed by atoms with Gasteiger partial charge in [0.05, 0.1) is 4.99 Å². The maximum Gasteiger partial charge on any atom is 0.223 e. The topological polar surface area (TPSA) is 55.1 Å². The van der Waals surface area contributed by atoms with Crippen LogP contribution < -0.4 is 11.1 Å². The van der Waals surface area contributed by atoms with Gasteiger partial charge in [0.25, 0.3) is 0 Å². The van der Waals surface area contributed by atoms with E-state index in [0.29, 0.717) is 17.5 Å². The third kappa shape index (κ3) is 4.60. The second-order valence-corrected chi connectivity index (χ2v) is 4.94. The lowest BCUT2D eigenvalue weighted by Crippen LogP contribution is -2.40. The van der Waals surface area contributed by atoms with Crippen LogP contribution in [0, 0.1) is 5.92 Å². The zero-order valence-electron chi connectivity index (χ0n) is 9.29. The fourth-order valence-electron chi connectivity index (χ4n) is 1.98. The van der Waals surface area contributed by atoms with E-state index in [-0.39, 0.29) is 11.8 Å². The van der Waals surface area contributed by atoms with Crippen LogP contribution in [0.5, 0.6) is 0 Å². The molecule has 0 aromatic carbocycles. The molecule has 1 aliphatic rings. The third-order valence-electron chi connectivity index (χ3n) is 2.91. The minimum atomic E-state index is -0.0931. The molecule has 1 amide bonds. The smallest absolute Gasteiger partial charge is 0.223 e. The Hall–Kier alpha value is -0.640. The molecule has 0 aromatic rings. The highest BCUT2D eigenvalue weighted by molar-refractivity contribution is 7.80.